The minimum atomic E-state index is -0.884. The van der Waals surface area contributed by atoms with Crippen LogP contribution in [0, 0.1) is 0 Å². The highest BCUT2D eigenvalue weighted by Gasteiger charge is 2.20. The Kier molecular flexibility index (Phi) is 7.09. The number of benzene rings is 2. The van der Waals surface area contributed by atoms with Crippen LogP contribution >= 0.6 is 0 Å². The van der Waals surface area contributed by atoms with Crippen molar-refractivity contribution < 1.29 is 23.9 Å². The van der Waals surface area contributed by atoms with Gasteiger partial charge >= 0.3 is 5.97 Å². The van der Waals surface area contributed by atoms with Gasteiger partial charge in [-0.1, -0.05) is 30.3 Å². The van der Waals surface area contributed by atoms with Gasteiger partial charge in [-0.25, -0.2) is 0 Å². The molecule has 26 heavy (non-hydrogen) atoms. The summed E-state index contributed by atoms with van der Waals surface area (Å²) in [7, 11) is 0. The van der Waals surface area contributed by atoms with Crippen LogP contribution in [0.4, 0.5) is 0 Å². The van der Waals surface area contributed by atoms with E-state index in [0.29, 0.717) is 23.5 Å². The van der Waals surface area contributed by atoms with Crippen molar-refractivity contribution in [3.8, 4) is 5.75 Å². The minimum absolute atomic E-state index is 0.0268. The van der Waals surface area contributed by atoms with Crippen LogP contribution < -0.4 is 4.74 Å². The standard InChI is InChI=1S/C21H22O5/c1-3-25-18-11-9-16(10-12-18)19(22)13-14-20(23)26-15(2)21(24)17-7-5-4-6-8-17/h4-12,15H,3,13-14H2,1-2H3. The molecule has 0 N–H and O–H groups in total. The molecule has 136 valence electrons. The summed E-state index contributed by atoms with van der Waals surface area (Å²) in [4.78, 5) is 36.2. The number of rotatable bonds is 9. The van der Waals surface area contributed by atoms with Crippen molar-refractivity contribution >= 4 is 17.5 Å². The summed E-state index contributed by atoms with van der Waals surface area (Å²) in [6.07, 6.45) is -0.928. The zero-order chi connectivity index (χ0) is 18.9. The third kappa shape index (κ3) is 5.55. The summed E-state index contributed by atoms with van der Waals surface area (Å²) in [5.74, 6) is -0.304. The van der Waals surface area contributed by atoms with E-state index in [1.807, 2.05) is 6.92 Å². The van der Waals surface area contributed by atoms with Gasteiger partial charge in [0.15, 0.2) is 11.9 Å². The largest absolute Gasteiger partial charge is 0.494 e. The summed E-state index contributed by atoms with van der Waals surface area (Å²) < 4.78 is 10.5. The number of carbonyl (C=O) groups excluding carboxylic acids is 3. The summed E-state index contributed by atoms with van der Waals surface area (Å²) in [6.45, 7) is 3.97. The zero-order valence-electron chi connectivity index (χ0n) is 14.9. The fourth-order valence-corrected chi connectivity index (χ4v) is 2.41. The van der Waals surface area contributed by atoms with Gasteiger partial charge in [-0.05, 0) is 38.1 Å². The first-order valence-electron chi connectivity index (χ1n) is 8.56. The van der Waals surface area contributed by atoms with Crippen molar-refractivity contribution in [2.75, 3.05) is 6.61 Å². The number of hydrogen-bond donors (Lipinski definition) is 0. The lowest BCUT2D eigenvalue weighted by Gasteiger charge is -2.12. The minimum Gasteiger partial charge on any atom is -0.494 e. The average molecular weight is 354 g/mol. The van der Waals surface area contributed by atoms with E-state index < -0.39 is 12.1 Å². The normalized spacial score (nSPS) is 11.5. The molecule has 0 aliphatic heterocycles. The van der Waals surface area contributed by atoms with E-state index in [-0.39, 0.29) is 24.4 Å². The zero-order valence-corrected chi connectivity index (χ0v) is 14.9. The molecule has 5 heteroatoms. The van der Waals surface area contributed by atoms with Crippen LogP contribution in [0.1, 0.15) is 47.4 Å². The summed E-state index contributed by atoms with van der Waals surface area (Å²) in [5, 5.41) is 0. The second-order valence-electron chi connectivity index (χ2n) is 5.74. The van der Waals surface area contributed by atoms with Crippen molar-refractivity contribution in [3.05, 3.63) is 65.7 Å². The van der Waals surface area contributed by atoms with Gasteiger partial charge in [0.2, 0.25) is 5.78 Å². The van der Waals surface area contributed by atoms with E-state index in [0.717, 1.165) is 0 Å². The molecule has 0 bridgehead atoms. The Labute approximate surface area is 152 Å². The van der Waals surface area contributed by atoms with Crippen LogP contribution in [0.3, 0.4) is 0 Å². The summed E-state index contributed by atoms with van der Waals surface area (Å²) in [6, 6.07) is 15.4. The topological polar surface area (TPSA) is 69.7 Å². The molecule has 5 nitrogen and oxygen atoms in total. The van der Waals surface area contributed by atoms with Gasteiger partial charge in [-0.2, -0.15) is 0 Å². The van der Waals surface area contributed by atoms with E-state index >= 15 is 0 Å². The Bertz CT molecular complexity index is 750. The van der Waals surface area contributed by atoms with Crippen LogP contribution in [0.2, 0.25) is 0 Å². The van der Waals surface area contributed by atoms with Crippen LogP contribution in [-0.4, -0.2) is 30.2 Å². The number of carbonyl (C=O) groups is 3. The molecule has 0 aliphatic rings. The first-order chi connectivity index (χ1) is 12.5. The predicted molar refractivity (Wildman–Crippen MR) is 97.5 cm³/mol. The van der Waals surface area contributed by atoms with Crippen molar-refractivity contribution in [2.45, 2.75) is 32.8 Å². The monoisotopic (exact) mass is 354 g/mol. The Morgan fingerprint density at radius 3 is 2.15 bits per heavy atom. The van der Waals surface area contributed by atoms with E-state index in [1.54, 1.807) is 54.6 Å². The van der Waals surface area contributed by atoms with Crippen LogP contribution in [0.15, 0.2) is 54.6 Å². The lowest BCUT2D eigenvalue weighted by molar-refractivity contribution is -0.146. The van der Waals surface area contributed by atoms with Gasteiger partial charge in [0, 0.05) is 17.5 Å². The lowest BCUT2D eigenvalue weighted by atomic mass is 10.1. The Morgan fingerprint density at radius 1 is 0.885 bits per heavy atom. The van der Waals surface area contributed by atoms with Crippen LogP contribution in [0.25, 0.3) is 0 Å². The van der Waals surface area contributed by atoms with Crippen molar-refractivity contribution in [1.82, 2.24) is 0 Å². The molecule has 0 heterocycles. The third-order valence-corrected chi connectivity index (χ3v) is 3.78. The molecule has 0 fully saturated rings. The van der Waals surface area contributed by atoms with Crippen LogP contribution in [-0.2, 0) is 9.53 Å². The third-order valence-electron chi connectivity index (χ3n) is 3.78. The van der Waals surface area contributed by atoms with Gasteiger partial charge in [0.25, 0.3) is 0 Å². The van der Waals surface area contributed by atoms with Gasteiger partial charge in [0.05, 0.1) is 13.0 Å². The van der Waals surface area contributed by atoms with Gasteiger partial charge in [-0.3, -0.25) is 14.4 Å². The number of ketones is 2. The summed E-state index contributed by atoms with van der Waals surface area (Å²) >= 11 is 0. The Balaban J connectivity index is 1.82. The van der Waals surface area contributed by atoms with Crippen molar-refractivity contribution in [3.63, 3.8) is 0 Å². The quantitative estimate of drug-likeness (QED) is 0.505. The fraction of sp³-hybridized carbons (Fsp3) is 0.286. The predicted octanol–water partition coefficient (Wildman–Crippen LogP) is 3.86. The van der Waals surface area contributed by atoms with Crippen molar-refractivity contribution in [1.29, 1.82) is 0 Å². The van der Waals surface area contributed by atoms with E-state index in [2.05, 4.69) is 0 Å². The molecule has 0 aromatic heterocycles. The smallest absolute Gasteiger partial charge is 0.306 e. The van der Waals surface area contributed by atoms with E-state index in [1.165, 1.54) is 6.92 Å². The van der Waals surface area contributed by atoms with Crippen LogP contribution in [0.5, 0.6) is 5.75 Å². The van der Waals surface area contributed by atoms with Gasteiger partial charge in [-0.15, -0.1) is 0 Å². The molecule has 0 spiro atoms. The molecule has 0 saturated heterocycles. The molecular weight excluding hydrogens is 332 g/mol. The molecule has 0 radical (unpaired) electrons. The molecule has 0 aliphatic carbocycles. The summed E-state index contributed by atoms with van der Waals surface area (Å²) in [5.41, 5.74) is 0.993. The number of esters is 1. The van der Waals surface area contributed by atoms with Gasteiger partial charge < -0.3 is 9.47 Å². The maximum absolute atomic E-state index is 12.2. The van der Waals surface area contributed by atoms with E-state index in [4.69, 9.17) is 9.47 Å². The Hall–Kier alpha value is -2.95. The maximum Gasteiger partial charge on any atom is 0.306 e. The van der Waals surface area contributed by atoms with E-state index in [9.17, 15) is 14.4 Å². The molecule has 1 atom stereocenters. The molecule has 2 aromatic rings. The second kappa shape index (κ2) is 9.51. The average Bonchev–Trinajstić information content (AvgIpc) is 2.67. The highest BCUT2D eigenvalue weighted by molar-refractivity contribution is 6.00. The fourth-order valence-electron chi connectivity index (χ4n) is 2.41. The highest BCUT2D eigenvalue weighted by Crippen LogP contribution is 2.14. The first kappa shape index (κ1) is 19.4. The number of hydrogen-bond acceptors (Lipinski definition) is 5. The second-order valence-corrected chi connectivity index (χ2v) is 5.74. The lowest BCUT2D eigenvalue weighted by Crippen LogP contribution is -2.24. The Morgan fingerprint density at radius 2 is 1.54 bits per heavy atom. The highest BCUT2D eigenvalue weighted by atomic mass is 16.5. The van der Waals surface area contributed by atoms with Crippen molar-refractivity contribution in [2.24, 2.45) is 0 Å². The number of Topliss-reactive ketones (excluding diaryl/α,β-unsaturated/α-hetero) is 2. The molecule has 2 aromatic carbocycles. The first-order valence-corrected chi connectivity index (χ1v) is 8.56. The molecule has 1 unspecified atom stereocenters. The van der Waals surface area contributed by atoms with Gasteiger partial charge in [0.1, 0.15) is 5.75 Å². The molecule has 0 saturated carbocycles. The number of ether oxygens (including phenoxy) is 2. The maximum atomic E-state index is 12.2. The molecule has 0 amide bonds. The molecule has 2 rings (SSSR count). The molecular formula is C21H22O5. The SMILES string of the molecule is CCOc1ccc(C(=O)CCC(=O)OC(C)C(=O)c2ccccc2)cc1.